The van der Waals surface area contributed by atoms with Crippen LogP contribution in [0.25, 0.3) is 6.08 Å². The fourth-order valence-electron chi connectivity index (χ4n) is 4.98. The molecule has 9 heteroatoms. The third-order valence-corrected chi connectivity index (χ3v) is 7.26. The van der Waals surface area contributed by atoms with E-state index < -0.39 is 0 Å². The SMILES string of the molecule is COc1cc(/C=C/C(=O)c2ccc(F)cc2)ccc1OCCCCOc1cc2c(cc1OC)C(=O)N1CCC[C@H]1C=N2. The molecule has 0 bridgehead atoms. The number of carbonyl (C=O) groups is 2. The first-order valence-electron chi connectivity index (χ1n) is 14.0. The Balaban J connectivity index is 1.12. The third-order valence-electron chi connectivity index (χ3n) is 7.26. The highest BCUT2D eigenvalue weighted by Crippen LogP contribution is 2.38. The highest BCUT2D eigenvalue weighted by atomic mass is 19.1. The Kier molecular flexibility index (Phi) is 9.16. The number of rotatable bonds is 12. The van der Waals surface area contributed by atoms with E-state index in [4.69, 9.17) is 18.9 Å². The minimum atomic E-state index is -0.387. The minimum absolute atomic E-state index is 0.0232. The largest absolute Gasteiger partial charge is 0.493 e. The number of ether oxygens (including phenoxy) is 4. The van der Waals surface area contributed by atoms with Gasteiger partial charge in [-0.25, -0.2) is 4.39 Å². The van der Waals surface area contributed by atoms with E-state index in [-0.39, 0.29) is 23.5 Å². The van der Waals surface area contributed by atoms with Crippen molar-refractivity contribution in [2.75, 3.05) is 34.0 Å². The van der Waals surface area contributed by atoms with E-state index in [1.807, 2.05) is 17.2 Å². The van der Waals surface area contributed by atoms with Crippen molar-refractivity contribution in [2.24, 2.45) is 4.99 Å². The van der Waals surface area contributed by atoms with Crippen LogP contribution in [0.2, 0.25) is 0 Å². The van der Waals surface area contributed by atoms with Crippen LogP contribution in [-0.4, -0.2) is 62.8 Å². The van der Waals surface area contributed by atoms with E-state index in [1.165, 1.54) is 30.3 Å². The van der Waals surface area contributed by atoms with Crippen LogP contribution in [0.1, 0.15) is 52.0 Å². The lowest BCUT2D eigenvalue weighted by Crippen LogP contribution is -2.35. The molecule has 1 saturated heterocycles. The molecule has 3 aromatic rings. The Hall–Kier alpha value is -4.66. The summed E-state index contributed by atoms with van der Waals surface area (Å²) in [6.07, 6.45) is 8.35. The van der Waals surface area contributed by atoms with Crippen LogP contribution in [0.15, 0.2) is 65.7 Å². The van der Waals surface area contributed by atoms with Gasteiger partial charge in [-0.1, -0.05) is 12.1 Å². The number of methoxy groups -OCH3 is 2. The summed E-state index contributed by atoms with van der Waals surface area (Å²) in [7, 11) is 3.12. The maximum atomic E-state index is 13.1. The molecule has 1 fully saturated rings. The molecule has 2 aliphatic rings. The van der Waals surface area contributed by atoms with Gasteiger partial charge in [-0.2, -0.15) is 0 Å². The second-order valence-corrected chi connectivity index (χ2v) is 10.0. The number of ketones is 1. The van der Waals surface area contributed by atoms with Crippen molar-refractivity contribution in [1.29, 1.82) is 0 Å². The molecular formula is C33H33FN2O6. The van der Waals surface area contributed by atoms with Crippen molar-refractivity contribution in [2.45, 2.75) is 31.7 Å². The average Bonchev–Trinajstić information content (AvgIpc) is 3.44. The number of amides is 1. The van der Waals surface area contributed by atoms with E-state index in [9.17, 15) is 14.0 Å². The normalized spacial score (nSPS) is 15.7. The maximum absolute atomic E-state index is 13.1. The van der Waals surface area contributed by atoms with Gasteiger partial charge in [-0.05, 0) is 79.8 Å². The van der Waals surface area contributed by atoms with Gasteiger partial charge in [-0.15, -0.1) is 0 Å². The maximum Gasteiger partial charge on any atom is 0.256 e. The molecular weight excluding hydrogens is 539 g/mol. The van der Waals surface area contributed by atoms with Crippen molar-refractivity contribution in [3.05, 3.63) is 83.2 Å². The molecule has 0 radical (unpaired) electrons. The van der Waals surface area contributed by atoms with Gasteiger partial charge >= 0.3 is 0 Å². The van der Waals surface area contributed by atoms with Crippen LogP contribution < -0.4 is 18.9 Å². The standard InChI is InChI=1S/C33H33FN2O6/c1-39-30-18-22(7-13-28(37)23-9-11-24(34)12-10-23)8-14-29(30)41-16-3-4-17-42-32-20-27-26(19-31(32)40-2)33(38)36-15-5-6-25(36)21-35-27/h7-14,18-21,25H,3-6,15-17H2,1-2H3/b13-7+/t25-/m0/s1. The zero-order valence-corrected chi connectivity index (χ0v) is 23.7. The smallest absolute Gasteiger partial charge is 0.256 e. The molecule has 5 rings (SSSR count). The van der Waals surface area contributed by atoms with E-state index in [2.05, 4.69) is 4.99 Å². The third kappa shape index (κ3) is 6.62. The minimum Gasteiger partial charge on any atom is -0.493 e. The number of hydrogen-bond donors (Lipinski definition) is 0. The topological polar surface area (TPSA) is 86.7 Å². The van der Waals surface area contributed by atoms with Crippen LogP contribution in [0.4, 0.5) is 10.1 Å². The lowest BCUT2D eigenvalue weighted by Gasteiger charge is -2.20. The average molecular weight is 573 g/mol. The molecule has 0 saturated carbocycles. The molecule has 42 heavy (non-hydrogen) atoms. The monoisotopic (exact) mass is 572 g/mol. The molecule has 8 nitrogen and oxygen atoms in total. The number of hydrogen-bond acceptors (Lipinski definition) is 7. The van der Waals surface area contributed by atoms with E-state index in [1.54, 1.807) is 44.6 Å². The Morgan fingerprint density at radius 3 is 2.40 bits per heavy atom. The van der Waals surface area contributed by atoms with Gasteiger partial charge in [0.25, 0.3) is 5.91 Å². The second kappa shape index (κ2) is 13.3. The Morgan fingerprint density at radius 2 is 1.67 bits per heavy atom. The number of halogens is 1. The van der Waals surface area contributed by atoms with Gasteiger partial charge in [0.05, 0.1) is 44.7 Å². The Bertz CT molecular complexity index is 1500. The first-order valence-corrected chi connectivity index (χ1v) is 14.0. The summed E-state index contributed by atoms with van der Waals surface area (Å²) >= 11 is 0. The van der Waals surface area contributed by atoms with Crippen molar-refractivity contribution in [3.8, 4) is 23.0 Å². The first-order chi connectivity index (χ1) is 20.5. The van der Waals surface area contributed by atoms with Crippen LogP contribution in [-0.2, 0) is 0 Å². The molecule has 3 aromatic carbocycles. The number of nitrogens with zero attached hydrogens (tertiary/aromatic N) is 2. The molecule has 1 amide bonds. The van der Waals surface area contributed by atoms with Crippen molar-refractivity contribution >= 4 is 29.7 Å². The predicted molar refractivity (Wildman–Crippen MR) is 158 cm³/mol. The Morgan fingerprint density at radius 1 is 0.952 bits per heavy atom. The lowest BCUT2D eigenvalue weighted by molar-refractivity contribution is 0.0774. The first kappa shape index (κ1) is 28.9. The summed E-state index contributed by atoms with van der Waals surface area (Å²) in [5.74, 6) is 1.56. The van der Waals surface area contributed by atoms with Crippen molar-refractivity contribution in [1.82, 2.24) is 4.90 Å². The fraction of sp³-hybridized carbons (Fsp3) is 0.303. The number of benzene rings is 3. The fourth-order valence-corrected chi connectivity index (χ4v) is 4.98. The molecule has 0 N–H and O–H groups in total. The second-order valence-electron chi connectivity index (χ2n) is 10.0. The molecule has 0 aromatic heterocycles. The highest BCUT2D eigenvalue weighted by molar-refractivity contribution is 6.06. The highest BCUT2D eigenvalue weighted by Gasteiger charge is 2.32. The summed E-state index contributed by atoms with van der Waals surface area (Å²) in [4.78, 5) is 31.8. The summed E-state index contributed by atoms with van der Waals surface area (Å²) < 4.78 is 36.0. The van der Waals surface area contributed by atoms with Gasteiger partial charge in [0.1, 0.15) is 5.82 Å². The van der Waals surface area contributed by atoms with E-state index >= 15 is 0 Å². The Labute approximate surface area is 244 Å². The van der Waals surface area contributed by atoms with Crippen LogP contribution in [0, 0.1) is 5.82 Å². The van der Waals surface area contributed by atoms with Crippen LogP contribution in [0.5, 0.6) is 23.0 Å². The molecule has 0 unspecified atom stereocenters. The number of unbranched alkanes of at least 4 members (excludes halogenated alkanes) is 1. The zero-order valence-electron chi connectivity index (χ0n) is 23.7. The quantitative estimate of drug-likeness (QED) is 0.144. The summed E-state index contributed by atoms with van der Waals surface area (Å²) in [5.41, 5.74) is 2.30. The molecule has 2 heterocycles. The van der Waals surface area contributed by atoms with Crippen molar-refractivity contribution < 1.29 is 32.9 Å². The van der Waals surface area contributed by atoms with E-state index in [0.717, 1.165) is 37.8 Å². The molecule has 2 aliphatic heterocycles. The van der Waals surface area contributed by atoms with Crippen LogP contribution in [0.3, 0.4) is 0 Å². The number of carbonyl (C=O) groups excluding carboxylic acids is 2. The molecule has 218 valence electrons. The van der Waals surface area contributed by atoms with Gasteiger partial charge in [-0.3, -0.25) is 14.6 Å². The van der Waals surface area contributed by atoms with Gasteiger partial charge in [0.15, 0.2) is 28.8 Å². The lowest BCUT2D eigenvalue weighted by atomic mass is 10.1. The number of allylic oxidation sites excluding steroid dienone is 1. The molecule has 1 atom stereocenters. The summed E-state index contributed by atoms with van der Waals surface area (Å²) in [5, 5.41) is 0. The predicted octanol–water partition coefficient (Wildman–Crippen LogP) is 6.30. The molecule has 0 spiro atoms. The van der Waals surface area contributed by atoms with Gasteiger partial charge in [0.2, 0.25) is 0 Å². The van der Waals surface area contributed by atoms with Gasteiger partial charge in [0, 0.05) is 24.4 Å². The van der Waals surface area contributed by atoms with E-state index in [0.29, 0.717) is 53.0 Å². The number of fused-ring (bicyclic) bond motifs is 2. The summed E-state index contributed by atoms with van der Waals surface area (Å²) in [6.45, 7) is 1.63. The van der Waals surface area contributed by atoms with Gasteiger partial charge < -0.3 is 23.8 Å². The number of aliphatic imine (C=N–C) groups is 1. The molecule has 0 aliphatic carbocycles. The zero-order chi connectivity index (χ0) is 29.5. The summed E-state index contributed by atoms with van der Waals surface area (Å²) in [6, 6.07) is 14.4. The van der Waals surface area contributed by atoms with Crippen molar-refractivity contribution in [3.63, 3.8) is 0 Å². The van der Waals surface area contributed by atoms with Crippen LogP contribution >= 0.6 is 0 Å².